The van der Waals surface area contributed by atoms with Gasteiger partial charge in [0.2, 0.25) is 0 Å². The quantitative estimate of drug-likeness (QED) is 0.420. The molecular formula is C29H30F3N5O4. The zero-order valence-electron chi connectivity index (χ0n) is 23.0. The van der Waals surface area contributed by atoms with Gasteiger partial charge in [0, 0.05) is 49.0 Å². The highest BCUT2D eigenvalue weighted by atomic mass is 19.2. The number of rotatable bonds is 4. The van der Waals surface area contributed by atoms with Gasteiger partial charge in [-0.3, -0.25) is 9.89 Å². The highest BCUT2D eigenvalue weighted by Crippen LogP contribution is 2.45. The number of piperazine rings is 1. The van der Waals surface area contributed by atoms with Crippen LogP contribution in [0.25, 0.3) is 0 Å². The van der Waals surface area contributed by atoms with Gasteiger partial charge in [0.25, 0.3) is 0 Å². The summed E-state index contributed by atoms with van der Waals surface area (Å²) >= 11 is 0. The molecule has 216 valence electrons. The van der Waals surface area contributed by atoms with E-state index in [1.54, 1.807) is 24.0 Å². The van der Waals surface area contributed by atoms with Gasteiger partial charge in [-0.1, -0.05) is 12.1 Å². The molecule has 3 heterocycles. The van der Waals surface area contributed by atoms with Gasteiger partial charge < -0.3 is 19.6 Å². The third-order valence-electron chi connectivity index (χ3n) is 7.25. The molecule has 1 fully saturated rings. The molecule has 2 N–H and O–H groups in total. The first-order chi connectivity index (χ1) is 19.4. The molecule has 1 aromatic heterocycles. The Morgan fingerprint density at radius 2 is 1.63 bits per heavy atom. The number of carboxylic acid groups (broad SMARTS) is 1. The standard InChI is InChI=1S/C29H30F3N5O4/c1-15-20-21(16-5-7-17(8-6-16)36-11-13-37(14-12-36)28(40)41-29(2,3)4)23(27(38)39)25(33-26(20)35-34-15)22-18(30)9-10-19(31)24(22)32/h5-10,21,23H,11-14H2,1-4H3,(H,34,35)(H,38,39). The second-order valence-corrected chi connectivity index (χ2v) is 11.1. The predicted octanol–water partition coefficient (Wildman–Crippen LogP) is 5.16. The normalized spacial score (nSPS) is 19.0. The maximum Gasteiger partial charge on any atom is 0.410 e. The van der Waals surface area contributed by atoms with Gasteiger partial charge in [0.15, 0.2) is 17.5 Å². The Balaban J connectivity index is 1.45. The number of anilines is 1. The minimum Gasteiger partial charge on any atom is -0.481 e. The largest absolute Gasteiger partial charge is 0.481 e. The van der Waals surface area contributed by atoms with Crippen LogP contribution < -0.4 is 4.90 Å². The fourth-order valence-corrected chi connectivity index (χ4v) is 5.35. The minimum absolute atomic E-state index is 0.0883. The number of fused-ring (bicyclic) bond motifs is 1. The third-order valence-corrected chi connectivity index (χ3v) is 7.25. The summed E-state index contributed by atoms with van der Waals surface area (Å²) in [5, 5.41) is 17.2. The first kappa shape index (κ1) is 28.2. The van der Waals surface area contributed by atoms with Crippen molar-refractivity contribution in [3.8, 4) is 0 Å². The third kappa shape index (κ3) is 5.38. The van der Waals surface area contributed by atoms with Gasteiger partial charge in [-0.05, 0) is 57.5 Å². The molecule has 2 atom stereocenters. The molecule has 3 aromatic rings. The number of carbonyl (C=O) groups excluding carboxylic acids is 1. The van der Waals surface area contributed by atoms with Crippen LogP contribution in [0, 0.1) is 30.3 Å². The molecule has 12 heteroatoms. The summed E-state index contributed by atoms with van der Waals surface area (Å²) in [7, 11) is 0. The molecule has 0 bridgehead atoms. The van der Waals surface area contributed by atoms with E-state index in [4.69, 9.17) is 4.74 Å². The molecule has 1 saturated heterocycles. The van der Waals surface area contributed by atoms with Crippen LogP contribution in [-0.4, -0.2) is 69.8 Å². The molecule has 2 unspecified atom stereocenters. The Labute approximate surface area is 234 Å². The average Bonchev–Trinajstić information content (AvgIpc) is 3.29. The summed E-state index contributed by atoms with van der Waals surface area (Å²) in [6.07, 6.45) is -0.362. The lowest BCUT2D eigenvalue weighted by atomic mass is 9.74. The Morgan fingerprint density at radius 1 is 1.00 bits per heavy atom. The van der Waals surface area contributed by atoms with Crippen molar-refractivity contribution in [2.75, 3.05) is 31.1 Å². The predicted molar refractivity (Wildman–Crippen MR) is 145 cm³/mol. The van der Waals surface area contributed by atoms with E-state index >= 15 is 0 Å². The minimum atomic E-state index is -1.52. The zero-order valence-corrected chi connectivity index (χ0v) is 23.0. The number of hydrogen-bond donors (Lipinski definition) is 2. The molecule has 5 rings (SSSR count). The van der Waals surface area contributed by atoms with E-state index in [0.717, 1.165) is 11.8 Å². The van der Waals surface area contributed by atoms with Crippen LogP contribution in [0.4, 0.5) is 29.5 Å². The molecule has 41 heavy (non-hydrogen) atoms. The summed E-state index contributed by atoms with van der Waals surface area (Å²) in [6, 6.07) is 8.57. The number of carbonyl (C=O) groups is 2. The number of aryl methyl sites for hydroxylation is 1. The maximum atomic E-state index is 14.9. The summed E-state index contributed by atoms with van der Waals surface area (Å²) in [5.41, 5.74) is 0.607. The maximum absolute atomic E-state index is 14.9. The zero-order chi connectivity index (χ0) is 29.6. The number of H-pyrrole nitrogens is 1. The number of carboxylic acids is 1. The second-order valence-electron chi connectivity index (χ2n) is 11.1. The molecule has 0 spiro atoms. The Bertz CT molecular complexity index is 1520. The van der Waals surface area contributed by atoms with Crippen LogP contribution in [0.5, 0.6) is 0 Å². The topological polar surface area (TPSA) is 111 Å². The summed E-state index contributed by atoms with van der Waals surface area (Å²) in [4.78, 5) is 33.0. The van der Waals surface area contributed by atoms with Crippen molar-refractivity contribution in [3.63, 3.8) is 0 Å². The van der Waals surface area contributed by atoms with E-state index in [0.29, 0.717) is 49.1 Å². The number of hydrogen-bond acceptors (Lipinski definition) is 6. The molecular weight excluding hydrogens is 539 g/mol. The number of benzene rings is 2. The van der Waals surface area contributed by atoms with Gasteiger partial charge in [-0.15, -0.1) is 0 Å². The average molecular weight is 570 g/mol. The van der Waals surface area contributed by atoms with E-state index in [2.05, 4.69) is 20.1 Å². The smallest absolute Gasteiger partial charge is 0.410 e. The van der Waals surface area contributed by atoms with Gasteiger partial charge in [-0.25, -0.2) is 23.0 Å². The van der Waals surface area contributed by atoms with E-state index in [-0.39, 0.29) is 11.9 Å². The number of aliphatic imine (C=N–C) groups is 1. The first-order valence-electron chi connectivity index (χ1n) is 13.2. The molecule has 0 radical (unpaired) electrons. The van der Waals surface area contributed by atoms with Gasteiger partial charge in [0.05, 0.1) is 11.3 Å². The summed E-state index contributed by atoms with van der Waals surface area (Å²) in [5.74, 6) is -7.66. The number of aromatic nitrogens is 2. The SMILES string of the molecule is Cc1[nH]nc2c1C(c1ccc(N3CCN(C(=O)OC(C)(C)C)CC3)cc1)C(C(=O)O)C(c1c(F)ccc(F)c1F)=N2. The van der Waals surface area contributed by atoms with E-state index in [1.807, 2.05) is 32.9 Å². The van der Waals surface area contributed by atoms with Crippen molar-refractivity contribution in [1.29, 1.82) is 0 Å². The van der Waals surface area contributed by atoms with Crippen LogP contribution in [0.15, 0.2) is 41.4 Å². The Kier molecular flexibility index (Phi) is 7.26. The van der Waals surface area contributed by atoms with Crippen molar-refractivity contribution < 1.29 is 32.6 Å². The van der Waals surface area contributed by atoms with Crippen molar-refractivity contribution in [3.05, 3.63) is 76.2 Å². The number of amides is 1. The van der Waals surface area contributed by atoms with Crippen molar-refractivity contribution >= 4 is 29.3 Å². The van der Waals surface area contributed by atoms with Crippen LogP contribution in [0.3, 0.4) is 0 Å². The summed E-state index contributed by atoms with van der Waals surface area (Å²) < 4.78 is 49.3. The molecule has 2 aliphatic rings. The van der Waals surface area contributed by atoms with Crippen LogP contribution in [-0.2, 0) is 9.53 Å². The molecule has 1 amide bonds. The molecule has 2 aromatic carbocycles. The highest BCUT2D eigenvalue weighted by molar-refractivity contribution is 6.14. The molecule has 0 saturated carbocycles. The number of aromatic amines is 1. The van der Waals surface area contributed by atoms with Crippen LogP contribution >= 0.6 is 0 Å². The Morgan fingerprint density at radius 3 is 2.24 bits per heavy atom. The number of nitrogens with one attached hydrogen (secondary N) is 1. The van der Waals surface area contributed by atoms with Crippen LogP contribution in [0.2, 0.25) is 0 Å². The fraction of sp³-hybridized carbons (Fsp3) is 0.379. The van der Waals surface area contributed by atoms with E-state index in [9.17, 15) is 27.9 Å². The highest BCUT2D eigenvalue weighted by Gasteiger charge is 2.44. The molecule has 9 nitrogen and oxygen atoms in total. The van der Waals surface area contributed by atoms with Crippen molar-refractivity contribution in [1.82, 2.24) is 15.1 Å². The molecule has 0 aliphatic carbocycles. The number of aliphatic carboxylic acids is 1. The van der Waals surface area contributed by atoms with Gasteiger partial charge in [0.1, 0.15) is 17.3 Å². The number of halogens is 3. The van der Waals surface area contributed by atoms with E-state index in [1.165, 1.54) is 0 Å². The molecule has 2 aliphatic heterocycles. The lowest BCUT2D eigenvalue weighted by Gasteiger charge is -2.37. The van der Waals surface area contributed by atoms with Crippen LogP contribution in [0.1, 0.15) is 49.1 Å². The lowest BCUT2D eigenvalue weighted by Crippen LogP contribution is -2.50. The van der Waals surface area contributed by atoms with Gasteiger partial charge in [-0.2, -0.15) is 5.10 Å². The Hall–Kier alpha value is -4.35. The number of nitrogens with zero attached hydrogens (tertiary/aromatic N) is 4. The monoisotopic (exact) mass is 569 g/mol. The second kappa shape index (κ2) is 10.6. The van der Waals surface area contributed by atoms with Crippen molar-refractivity contribution in [2.45, 2.75) is 39.2 Å². The van der Waals surface area contributed by atoms with E-state index < -0.39 is 52.1 Å². The summed E-state index contributed by atoms with van der Waals surface area (Å²) in [6.45, 7) is 9.25. The van der Waals surface area contributed by atoms with Crippen molar-refractivity contribution in [2.24, 2.45) is 10.9 Å². The fourth-order valence-electron chi connectivity index (χ4n) is 5.35. The lowest BCUT2D eigenvalue weighted by molar-refractivity contribution is -0.139. The van der Waals surface area contributed by atoms with Gasteiger partial charge >= 0.3 is 12.1 Å². The number of ether oxygens (including phenoxy) is 1. The first-order valence-corrected chi connectivity index (χ1v) is 13.2.